The highest BCUT2D eigenvalue weighted by atomic mass is 16.5. The van der Waals surface area contributed by atoms with Gasteiger partial charge in [0.1, 0.15) is 12.1 Å². The standard InChI is InChI=1S/C19H26N2O4/c1-13(25-12-16-8-4-5-9-24-16)19(23)21-11-15-7-3-2-6-14(15)10-17(21)18(20)22/h2-3,6-7,13,16-17H,4-5,8-12H2,1H3,(H2,20,22)/t13-,16+,17-/m0/s1. The van der Waals surface area contributed by atoms with Crippen LogP contribution in [-0.2, 0) is 32.0 Å². The summed E-state index contributed by atoms with van der Waals surface area (Å²) in [4.78, 5) is 26.3. The molecule has 2 heterocycles. The Bertz CT molecular complexity index is 628. The number of ether oxygens (including phenoxy) is 2. The van der Waals surface area contributed by atoms with Gasteiger partial charge in [-0.15, -0.1) is 0 Å². The van der Waals surface area contributed by atoms with Crippen LogP contribution in [0, 0.1) is 0 Å². The van der Waals surface area contributed by atoms with Crippen molar-refractivity contribution in [1.82, 2.24) is 4.90 Å². The molecular formula is C19H26N2O4. The van der Waals surface area contributed by atoms with Crippen LogP contribution < -0.4 is 5.73 Å². The molecular weight excluding hydrogens is 320 g/mol. The van der Waals surface area contributed by atoms with Crippen molar-refractivity contribution in [3.8, 4) is 0 Å². The summed E-state index contributed by atoms with van der Waals surface area (Å²) in [7, 11) is 0. The number of benzene rings is 1. The van der Waals surface area contributed by atoms with Crippen LogP contribution in [0.5, 0.6) is 0 Å². The molecule has 0 aromatic heterocycles. The van der Waals surface area contributed by atoms with E-state index in [4.69, 9.17) is 15.2 Å². The van der Waals surface area contributed by atoms with Crippen LogP contribution in [0.25, 0.3) is 0 Å². The van der Waals surface area contributed by atoms with Gasteiger partial charge in [0.15, 0.2) is 0 Å². The Morgan fingerprint density at radius 1 is 1.32 bits per heavy atom. The quantitative estimate of drug-likeness (QED) is 0.874. The van der Waals surface area contributed by atoms with Crippen molar-refractivity contribution >= 4 is 11.8 Å². The number of fused-ring (bicyclic) bond motifs is 1. The molecule has 6 nitrogen and oxygen atoms in total. The predicted octanol–water partition coefficient (Wildman–Crippen LogP) is 1.40. The lowest BCUT2D eigenvalue weighted by Gasteiger charge is -2.36. The molecule has 3 rings (SSSR count). The minimum atomic E-state index is -0.627. The van der Waals surface area contributed by atoms with Gasteiger partial charge in [0.2, 0.25) is 5.91 Å². The maximum atomic E-state index is 12.8. The van der Waals surface area contributed by atoms with E-state index in [1.54, 1.807) is 11.8 Å². The fraction of sp³-hybridized carbons (Fsp3) is 0.579. The molecule has 2 N–H and O–H groups in total. The van der Waals surface area contributed by atoms with Crippen molar-refractivity contribution in [2.75, 3.05) is 13.2 Å². The number of carbonyl (C=O) groups excluding carboxylic acids is 2. The van der Waals surface area contributed by atoms with E-state index < -0.39 is 18.1 Å². The van der Waals surface area contributed by atoms with E-state index in [-0.39, 0.29) is 12.0 Å². The third-order valence-corrected chi connectivity index (χ3v) is 5.01. The summed E-state index contributed by atoms with van der Waals surface area (Å²) in [5, 5.41) is 0. The monoisotopic (exact) mass is 346 g/mol. The van der Waals surface area contributed by atoms with Gasteiger partial charge in [0.05, 0.1) is 12.7 Å². The topological polar surface area (TPSA) is 81.9 Å². The molecule has 136 valence electrons. The van der Waals surface area contributed by atoms with Crippen LogP contribution >= 0.6 is 0 Å². The summed E-state index contributed by atoms with van der Waals surface area (Å²) in [5.74, 6) is -0.681. The lowest BCUT2D eigenvalue weighted by Crippen LogP contribution is -2.54. The molecule has 0 radical (unpaired) electrons. The second-order valence-electron chi connectivity index (χ2n) is 6.82. The summed E-state index contributed by atoms with van der Waals surface area (Å²) in [6.07, 6.45) is 3.05. The number of hydrogen-bond acceptors (Lipinski definition) is 4. The van der Waals surface area contributed by atoms with Gasteiger partial charge in [-0.25, -0.2) is 0 Å². The fourth-order valence-corrected chi connectivity index (χ4v) is 3.50. The van der Waals surface area contributed by atoms with E-state index in [1.165, 1.54) is 0 Å². The summed E-state index contributed by atoms with van der Waals surface area (Å²) in [5.41, 5.74) is 7.67. The van der Waals surface area contributed by atoms with E-state index >= 15 is 0 Å². The lowest BCUT2D eigenvalue weighted by atomic mass is 9.93. The number of nitrogens with two attached hydrogens (primary N) is 1. The second kappa shape index (κ2) is 7.97. The van der Waals surface area contributed by atoms with Crippen molar-refractivity contribution in [2.24, 2.45) is 5.73 Å². The van der Waals surface area contributed by atoms with Crippen LogP contribution in [0.15, 0.2) is 24.3 Å². The molecule has 0 unspecified atom stereocenters. The number of hydrogen-bond donors (Lipinski definition) is 1. The Kier molecular flexibility index (Phi) is 5.71. The van der Waals surface area contributed by atoms with Gasteiger partial charge < -0.3 is 20.1 Å². The predicted molar refractivity (Wildman–Crippen MR) is 92.7 cm³/mol. The van der Waals surface area contributed by atoms with Crippen molar-refractivity contribution < 1.29 is 19.1 Å². The summed E-state index contributed by atoms with van der Waals surface area (Å²) in [6, 6.07) is 7.21. The molecule has 0 aliphatic carbocycles. The highest BCUT2D eigenvalue weighted by molar-refractivity contribution is 5.89. The SMILES string of the molecule is C[C@H](OC[C@H]1CCCCO1)C(=O)N1Cc2ccccc2C[C@H]1C(N)=O. The van der Waals surface area contributed by atoms with Gasteiger partial charge in [-0.1, -0.05) is 24.3 Å². The normalized spacial score (nSPS) is 24.4. The molecule has 2 amide bonds. The summed E-state index contributed by atoms with van der Waals surface area (Å²) in [6.45, 7) is 3.27. The second-order valence-corrected chi connectivity index (χ2v) is 6.82. The van der Waals surface area contributed by atoms with Crippen molar-refractivity contribution in [3.63, 3.8) is 0 Å². The number of nitrogens with zero attached hydrogens (tertiary/aromatic N) is 1. The zero-order chi connectivity index (χ0) is 17.8. The van der Waals surface area contributed by atoms with Crippen molar-refractivity contribution in [1.29, 1.82) is 0 Å². The Labute approximate surface area is 148 Å². The number of primary amides is 1. The molecule has 2 aliphatic rings. The van der Waals surface area contributed by atoms with Crippen molar-refractivity contribution in [2.45, 2.75) is 57.4 Å². The van der Waals surface area contributed by atoms with Gasteiger partial charge >= 0.3 is 0 Å². The van der Waals surface area contributed by atoms with E-state index in [0.717, 1.165) is 37.0 Å². The maximum absolute atomic E-state index is 12.8. The minimum absolute atomic E-state index is 0.0537. The third kappa shape index (κ3) is 4.19. The molecule has 2 aliphatic heterocycles. The molecule has 3 atom stereocenters. The van der Waals surface area contributed by atoms with E-state index in [2.05, 4.69) is 0 Å². The van der Waals surface area contributed by atoms with Crippen LogP contribution in [0.1, 0.15) is 37.3 Å². The van der Waals surface area contributed by atoms with Gasteiger partial charge in [0, 0.05) is 19.6 Å². The first kappa shape index (κ1) is 17.9. The van der Waals surface area contributed by atoms with Crippen LogP contribution in [0.2, 0.25) is 0 Å². The molecule has 1 aromatic rings. The first-order valence-corrected chi connectivity index (χ1v) is 8.96. The molecule has 1 saturated heterocycles. The molecule has 0 bridgehead atoms. The Balaban J connectivity index is 1.65. The Morgan fingerprint density at radius 2 is 2.08 bits per heavy atom. The minimum Gasteiger partial charge on any atom is -0.376 e. The maximum Gasteiger partial charge on any atom is 0.252 e. The van der Waals surface area contributed by atoms with E-state index in [1.807, 2.05) is 24.3 Å². The van der Waals surface area contributed by atoms with Gasteiger partial charge in [-0.05, 0) is 37.3 Å². The highest BCUT2D eigenvalue weighted by Crippen LogP contribution is 2.24. The smallest absolute Gasteiger partial charge is 0.252 e. The average molecular weight is 346 g/mol. The number of rotatable bonds is 5. The highest BCUT2D eigenvalue weighted by Gasteiger charge is 2.35. The average Bonchev–Trinajstić information content (AvgIpc) is 2.65. The molecule has 25 heavy (non-hydrogen) atoms. The van der Waals surface area contributed by atoms with Gasteiger partial charge in [-0.3, -0.25) is 9.59 Å². The third-order valence-electron chi connectivity index (χ3n) is 5.01. The fourth-order valence-electron chi connectivity index (χ4n) is 3.50. The van der Waals surface area contributed by atoms with Gasteiger partial charge in [-0.2, -0.15) is 0 Å². The zero-order valence-corrected chi connectivity index (χ0v) is 14.6. The Hall–Kier alpha value is -1.92. The lowest BCUT2D eigenvalue weighted by molar-refractivity contribution is -0.152. The van der Waals surface area contributed by atoms with Crippen LogP contribution in [-0.4, -0.2) is 48.2 Å². The Morgan fingerprint density at radius 3 is 2.76 bits per heavy atom. The first-order chi connectivity index (χ1) is 12.1. The summed E-state index contributed by atoms with van der Waals surface area (Å²) < 4.78 is 11.4. The van der Waals surface area contributed by atoms with Crippen LogP contribution in [0.3, 0.4) is 0 Å². The molecule has 0 saturated carbocycles. The summed E-state index contributed by atoms with van der Waals surface area (Å²) >= 11 is 0. The zero-order valence-electron chi connectivity index (χ0n) is 14.6. The van der Waals surface area contributed by atoms with Crippen LogP contribution in [0.4, 0.5) is 0 Å². The molecule has 1 aromatic carbocycles. The molecule has 0 spiro atoms. The van der Waals surface area contributed by atoms with E-state index in [0.29, 0.717) is 19.6 Å². The van der Waals surface area contributed by atoms with Crippen molar-refractivity contribution in [3.05, 3.63) is 35.4 Å². The number of amides is 2. The van der Waals surface area contributed by atoms with Gasteiger partial charge in [0.25, 0.3) is 5.91 Å². The molecule has 1 fully saturated rings. The first-order valence-electron chi connectivity index (χ1n) is 8.96. The molecule has 6 heteroatoms. The number of carbonyl (C=O) groups is 2. The van der Waals surface area contributed by atoms with E-state index in [9.17, 15) is 9.59 Å². The largest absolute Gasteiger partial charge is 0.376 e.